The van der Waals surface area contributed by atoms with Gasteiger partial charge in [0.2, 0.25) is 0 Å². The first-order valence-electron chi connectivity index (χ1n) is 9.15. The lowest BCUT2D eigenvalue weighted by Gasteiger charge is -2.26. The molecule has 2 aromatic rings. The SMILES string of the molecule is CC(C)(C)c1ccc(C(=O)Nc2cccc(CN3CCCCC3)c2)s1. The number of nitrogens with zero attached hydrogens (tertiary/aromatic N) is 1. The second kappa shape index (κ2) is 7.71. The number of rotatable bonds is 4. The molecule has 1 N–H and O–H groups in total. The molecule has 1 aliphatic rings. The molecule has 4 heteroatoms. The highest BCUT2D eigenvalue weighted by Crippen LogP contribution is 2.30. The number of carbonyl (C=O) groups excluding carboxylic acids is 1. The van der Waals surface area contributed by atoms with Crippen molar-refractivity contribution < 1.29 is 4.79 Å². The number of amides is 1. The summed E-state index contributed by atoms with van der Waals surface area (Å²) in [5, 5.41) is 3.05. The standard InChI is InChI=1S/C21H28N2OS/c1-21(2,3)19-11-10-18(25-19)20(24)22-17-9-7-8-16(14-17)15-23-12-5-4-6-13-23/h7-11,14H,4-6,12-13,15H2,1-3H3,(H,22,24). The van der Waals surface area contributed by atoms with Crippen molar-refractivity contribution in [3.8, 4) is 0 Å². The summed E-state index contributed by atoms with van der Waals surface area (Å²) < 4.78 is 0. The zero-order chi connectivity index (χ0) is 17.9. The van der Waals surface area contributed by atoms with Crippen molar-refractivity contribution in [3.05, 3.63) is 51.7 Å². The Bertz CT molecular complexity index is 723. The van der Waals surface area contributed by atoms with Crippen molar-refractivity contribution in [1.29, 1.82) is 0 Å². The quantitative estimate of drug-likeness (QED) is 0.808. The number of piperidine rings is 1. The molecule has 1 amide bonds. The molecule has 0 spiro atoms. The van der Waals surface area contributed by atoms with Gasteiger partial charge in [-0.15, -0.1) is 11.3 Å². The summed E-state index contributed by atoms with van der Waals surface area (Å²) in [4.78, 5) is 17.0. The van der Waals surface area contributed by atoms with Gasteiger partial charge in [-0.25, -0.2) is 0 Å². The van der Waals surface area contributed by atoms with Crippen molar-refractivity contribution in [2.75, 3.05) is 18.4 Å². The third kappa shape index (κ3) is 4.93. The van der Waals surface area contributed by atoms with Crippen LogP contribution in [0.1, 0.15) is 60.1 Å². The van der Waals surface area contributed by atoms with Crippen molar-refractivity contribution in [3.63, 3.8) is 0 Å². The van der Waals surface area contributed by atoms with E-state index in [-0.39, 0.29) is 11.3 Å². The van der Waals surface area contributed by atoms with Crippen LogP contribution in [0.25, 0.3) is 0 Å². The van der Waals surface area contributed by atoms with Gasteiger partial charge in [0.05, 0.1) is 4.88 Å². The van der Waals surface area contributed by atoms with Crippen molar-refractivity contribution in [2.45, 2.75) is 52.0 Å². The summed E-state index contributed by atoms with van der Waals surface area (Å²) >= 11 is 1.58. The van der Waals surface area contributed by atoms with Gasteiger partial charge < -0.3 is 5.32 Å². The number of benzene rings is 1. The van der Waals surface area contributed by atoms with Crippen molar-refractivity contribution in [2.24, 2.45) is 0 Å². The summed E-state index contributed by atoms with van der Waals surface area (Å²) in [6, 6.07) is 12.2. The van der Waals surface area contributed by atoms with Gasteiger partial charge in [-0.3, -0.25) is 9.69 Å². The van der Waals surface area contributed by atoms with Gasteiger partial charge >= 0.3 is 0 Å². The monoisotopic (exact) mass is 356 g/mol. The molecule has 1 fully saturated rings. The Labute approximate surface area is 155 Å². The summed E-state index contributed by atoms with van der Waals surface area (Å²) in [5.41, 5.74) is 2.23. The highest BCUT2D eigenvalue weighted by atomic mass is 32.1. The summed E-state index contributed by atoms with van der Waals surface area (Å²) in [6.07, 6.45) is 3.94. The van der Waals surface area contributed by atoms with Crippen LogP contribution in [0.2, 0.25) is 0 Å². The molecule has 0 aliphatic carbocycles. The molecule has 0 atom stereocenters. The van der Waals surface area contributed by atoms with Gasteiger partial charge in [0, 0.05) is 17.1 Å². The van der Waals surface area contributed by atoms with Gasteiger partial charge in [0.1, 0.15) is 0 Å². The fourth-order valence-corrected chi connectivity index (χ4v) is 4.14. The van der Waals surface area contributed by atoms with Crippen molar-refractivity contribution in [1.82, 2.24) is 4.90 Å². The van der Waals surface area contributed by atoms with Gasteiger partial charge in [-0.2, -0.15) is 0 Å². The van der Waals surface area contributed by atoms with E-state index in [0.29, 0.717) is 0 Å². The van der Waals surface area contributed by atoms with Gasteiger partial charge in [-0.05, 0) is 61.2 Å². The minimum atomic E-state index is -0.0179. The Balaban J connectivity index is 1.65. The Hall–Kier alpha value is -1.65. The van der Waals surface area contributed by atoms with Crippen molar-refractivity contribution >= 4 is 22.9 Å². The summed E-state index contributed by atoms with van der Waals surface area (Å²) in [5.74, 6) is -0.0179. The molecule has 0 unspecified atom stereocenters. The van der Waals surface area contributed by atoms with E-state index in [1.165, 1.54) is 42.8 Å². The van der Waals surface area contributed by atoms with Crippen LogP contribution in [-0.2, 0) is 12.0 Å². The highest BCUT2D eigenvalue weighted by Gasteiger charge is 2.18. The number of anilines is 1. The smallest absolute Gasteiger partial charge is 0.265 e. The van der Waals surface area contributed by atoms with E-state index in [4.69, 9.17) is 0 Å². The molecule has 134 valence electrons. The van der Waals surface area contributed by atoms with Crippen LogP contribution >= 0.6 is 11.3 Å². The Kier molecular flexibility index (Phi) is 5.60. The number of likely N-dealkylation sites (tertiary alicyclic amines) is 1. The third-order valence-electron chi connectivity index (χ3n) is 4.61. The van der Waals surface area contributed by atoms with Crippen LogP contribution in [0.15, 0.2) is 36.4 Å². The molecule has 1 aromatic carbocycles. The molecule has 1 saturated heterocycles. The average Bonchev–Trinajstić information content (AvgIpc) is 3.06. The Morgan fingerprint density at radius 2 is 1.88 bits per heavy atom. The lowest BCUT2D eigenvalue weighted by molar-refractivity contribution is 0.103. The van der Waals surface area contributed by atoms with Crippen LogP contribution < -0.4 is 5.32 Å². The lowest BCUT2D eigenvalue weighted by atomic mass is 9.95. The number of thiophene rings is 1. The number of nitrogens with one attached hydrogen (secondary N) is 1. The molecular weight excluding hydrogens is 328 g/mol. The molecule has 3 nitrogen and oxygen atoms in total. The predicted octanol–water partition coefficient (Wildman–Crippen LogP) is 5.28. The van der Waals surface area contributed by atoms with Crippen LogP contribution in [0.5, 0.6) is 0 Å². The molecule has 1 aromatic heterocycles. The van der Waals surface area contributed by atoms with E-state index in [0.717, 1.165) is 17.1 Å². The predicted molar refractivity (Wildman–Crippen MR) is 107 cm³/mol. The number of hydrogen-bond donors (Lipinski definition) is 1. The summed E-state index contributed by atoms with van der Waals surface area (Å²) in [7, 11) is 0. The van der Waals surface area contributed by atoms with Crippen LogP contribution in [0.4, 0.5) is 5.69 Å². The van der Waals surface area contributed by atoms with E-state index >= 15 is 0 Å². The normalized spacial score (nSPS) is 16.0. The molecule has 0 saturated carbocycles. The second-order valence-corrected chi connectivity index (χ2v) is 8.99. The highest BCUT2D eigenvalue weighted by molar-refractivity contribution is 7.14. The zero-order valence-corrected chi connectivity index (χ0v) is 16.3. The van der Waals surface area contributed by atoms with Gasteiger partial charge in [0.15, 0.2) is 0 Å². The molecule has 0 bridgehead atoms. The first-order chi connectivity index (χ1) is 11.9. The fraction of sp³-hybridized carbons (Fsp3) is 0.476. The molecule has 3 rings (SSSR count). The Morgan fingerprint density at radius 3 is 2.56 bits per heavy atom. The van der Waals surface area contributed by atoms with Crippen LogP contribution in [-0.4, -0.2) is 23.9 Å². The molecule has 2 heterocycles. The maximum atomic E-state index is 12.5. The maximum absolute atomic E-state index is 12.5. The molecular formula is C21H28N2OS. The maximum Gasteiger partial charge on any atom is 0.265 e. The number of hydrogen-bond acceptors (Lipinski definition) is 3. The first kappa shape index (κ1) is 18.2. The first-order valence-corrected chi connectivity index (χ1v) is 9.96. The lowest BCUT2D eigenvalue weighted by Crippen LogP contribution is -2.29. The van der Waals surface area contributed by atoms with E-state index in [2.05, 4.69) is 49.2 Å². The summed E-state index contributed by atoms with van der Waals surface area (Å²) in [6.45, 7) is 9.85. The second-order valence-electron chi connectivity index (χ2n) is 7.91. The number of carbonyl (C=O) groups is 1. The average molecular weight is 357 g/mol. The van der Waals surface area contributed by atoms with Crippen LogP contribution in [0, 0.1) is 0 Å². The van der Waals surface area contributed by atoms with Gasteiger partial charge in [0.25, 0.3) is 5.91 Å². The topological polar surface area (TPSA) is 32.3 Å². The largest absolute Gasteiger partial charge is 0.321 e. The molecule has 25 heavy (non-hydrogen) atoms. The van der Waals surface area contributed by atoms with Gasteiger partial charge in [-0.1, -0.05) is 39.3 Å². The minimum Gasteiger partial charge on any atom is -0.321 e. The minimum absolute atomic E-state index is 0.0179. The van der Waals surface area contributed by atoms with E-state index in [1.54, 1.807) is 11.3 Å². The van der Waals surface area contributed by atoms with Crippen LogP contribution in [0.3, 0.4) is 0 Å². The molecule has 0 radical (unpaired) electrons. The zero-order valence-electron chi connectivity index (χ0n) is 15.5. The fourth-order valence-electron chi connectivity index (χ4n) is 3.18. The van der Waals surface area contributed by atoms with E-state index < -0.39 is 0 Å². The van der Waals surface area contributed by atoms with E-state index in [1.807, 2.05) is 18.2 Å². The van der Waals surface area contributed by atoms with E-state index in [9.17, 15) is 4.79 Å². The third-order valence-corrected chi connectivity index (χ3v) is 6.12. The molecule has 1 aliphatic heterocycles. The Morgan fingerprint density at radius 1 is 1.12 bits per heavy atom.